The lowest BCUT2D eigenvalue weighted by Crippen LogP contribution is -2.60. The van der Waals surface area contributed by atoms with Crippen molar-refractivity contribution in [3.05, 3.63) is 84.6 Å². The lowest BCUT2D eigenvalue weighted by molar-refractivity contribution is -0.143. The largest absolute Gasteiger partial charge is 0.456 e. The standard InChI is InChI=1S/C44H53N5O9S/c1-7-28-24-44(28,40(53)47-59(55,56)31-19-20-31)46-37(50)34-22-30-25-48(34)38(51)36(42(2,3)4)45-41(54)57-26-43(5,6)21-12-11-14-27-15-13-18-33-32(27)23-35(39(52)58-30)49(33)29-16-9-8-10-17-29/h7-11,13-18,23,28,30-31,34,36H,1,12,19-22,24-26H2,2-6H3,(H,45,54)(H,46,50)(H,47,53)/t28-,30-,34+,36-,44-/m1/s1. The lowest BCUT2D eigenvalue weighted by Gasteiger charge is -2.35. The number of ether oxygens (including phenoxy) is 2. The van der Waals surface area contributed by atoms with E-state index in [0.717, 1.165) is 22.2 Å². The van der Waals surface area contributed by atoms with E-state index in [0.29, 0.717) is 25.7 Å². The van der Waals surface area contributed by atoms with E-state index in [1.54, 1.807) is 26.8 Å². The Kier molecular flexibility index (Phi) is 11.0. The number of nitrogens with zero attached hydrogens (tertiary/aromatic N) is 2. The summed E-state index contributed by atoms with van der Waals surface area (Å²) in [6.45, 7) is 12.9. The second-order valence-corrected chi connectivity index (χ2v) is 20.0. The quantitative estimate of drug-likeness (QED) is 0.208. The summed E-state index contributed by atoms with van der Waals surface area (Å²) in [4.78, 5) is 71.8. The molecule has 0 radical (unpaired) electrons. The van der Waals surface area contributed by atoms with Gasteiger partial charge in [0.2, 0.25) is 21.8 Å². The molecule has 15 heteroatoms. The predicted molar refractivity (Wildman–Crippen MR) is 222 cm³/mol. The molecule has 3 fully saturated rings. The summed E-state index contributed by atoms with van der Waals surface area (Å²) >= 11 is 0. The number of alkyl carbamates (subject to hydrolysis) is 1. The highest BCUT2D eigenvalue weighted by molar-refractivity contribution is 7.91. The Morgan fingerprint density at radius 3 is 2.42 bits per heavy atom. The van der Waals surface area contributed by atoms with Gasteiger partial charge >= 0.3 is 12.1 Å². The maximum Gasteiger partial charge on any atom is 0.407 e. The maximum atomic E-state index is 14.7. The topological polar surface area (TPSA) is 182 Å². The minimum atomic E-state index is -3.94. The molecule has 1 aromatic heterocycles. The second-order valence-electron chi connectivity index (χ2n) is 18.1. The molecule has 59 heavy (non-hydrogen) atoms. The first-order chi connectivity index (χ1) is 27.8. The number of hydrogen-bond donors (Lipinski definition) is 3. The number of carbonyl (C=O) groups is 5. The Morgan fingerprint density at radius 2 is 1.76 bits per heavy atom. The molecule has 14 nitrogen and oxygen atoms in total. The molecule has 2 aliphatic carbocycles. The van der Waals surface area contributed by atoms with Gasteiger partial charge in [0.1, 0.15) is 29.4 Å². The van der Waals surface area contributed by atoms with Crippen LogP contribution in [0.2, 0.25) is 0 Å². The fourth-order valence-electron chi connectivity index (χ4n) is 8.00. The number of fused-ring (bicyclic) bond motifs is 3. The van der Waals surface area contributed by atoms with Gasteiger partial charge in [0.15, 0.2) is 0 Å². The smallest absolute Gasteiger partial charge is 0.407 e. The molecule has 3 heterocycles. The Balaban J connectivity index is 1.26. The van der Waals surface area contributed by atoms with Crippen molar-refractivity contribution < 1.29 is 41.9 Å². The van der Waals surface area contributed by atoms with Crippen LogP contribution in [0.5, 0.6) is 0 Å². The number of hydrogen-bond acceptors (Lipinski definition) is 9. The first-order valence-electron chi connectivity index (χ1n) is 20.2. The minimum absolute atomic E-state index is 0.0778. The van der Waals surface area contributed by atoms with Crippen LogP contribution in [0.3, 0.4) is 0 Å². The van der Waals surface area contributed by atoms with Gasteiger partial charge in [-0.1, -0.05) is 83.2 Å². The first-order valence-corrected chi connectivity index (χ1v) is 21.7. The number of aromatic nitrogens is 1. The Hall–Kier alpha value is -5.44. The van der Waals surface area contributed by atoms with Gasteiger partial charge in [-0.2, -0.15) is 0 Å². The van der Waals surface area contributed by atoms with Crippen molar-refractivity contribution >= 4 is 56.8 Å². The normalized spacial score (nSPS) is 26.4. The molecule has 4 aliphatic rings. The Bertz CT molecular complexity index is 2330. The van der Waals surface area contributed by atoms with Crippen molar-refractivity contribution in [3.8, 4) is 5.69 Å². The van der Waals surface area contributed by atoms with E-state index in [9.17, 15) is 32.4 Å². The van der Waals surface area contributed by atoms with Crippen LogP contribution in [-0.2, 0) is 33.9 Å². The maximum absolute atomic E-state index is 14.7. The molecule has 314 valence electrons. The minimum Gasteiger partial charge on any atom is -0.456 e. The molecule has 2 aliphatic heterocycles. The van der Waals surface area contributed by atoms with Gasteiger partial charge in [-0.05, 0) is 72.8 Å². The molecular formula is C44H53N5O9S. The van der Waals surface area contributed by atoms with Crippen molar-refractivity contribution in [2.75, 3.05) is 13.2 Å². The number of amides is 4. The molecule has 1 saturated heterocycles. The van der Waals surface area contributed by atoms with E-state index >= 15 is 0 Å². The monoisotopic (exact) mass is 827 g/mol. The van der Waals surface area contributed by atoms with Crippen LogP contribution in [0.25, 0.3) is 22.7 Å². The fraction of sp³-hybridized carbons (Fsp3) is 0.477. The summed E-state index contributed by atoms with van der Waals surface area (Å²) < 4.78 is 41.4. The van der Waals surface area contributed by atoms with Crippen molar-refractivity contribution in [1.29, 1.82) is 0 Å². The Morgan fingerprint density at radius 1 is 1.03 bits per heavy atom. The SMILES string of the molecule is C=C[C@@H]1C[C@]1(NC(=O)[C@@H]1C[C@@H]2CN1C(=O)[C@H](C(C)(C)C)NC(=O)OCC(C)(C)CCC=Cc1cccc3c1cc(n3-c1ccccc1)C(=O)O2)C(=O)NS(=O)(=O)C1CC1. The third-order valence-electron chi connectivity index (χ3n) is 11.7. The van der Waals surface area contributed by atoms with E-state index in [-0.39, 0.29) is 31.7 Å². The van der Waals surface area contributed by atoms with Gasteiger partial charge in [-0.3, -0.25) is 19.1 Å². The summed E-state index contributed by atoms with van der Waals surface area (Å²) in [5.41, 5.74) is -0.275. The highest BCUT2D eigenvalue weighted by Gasteiger charge is 2.62. The van der Waals surface area contributed by atoms with Crippen molar-refractivity contribution in [1.82, 2.24) is 24.8 Å². The van der Waals surface area contributed by atoms with Crippen LogP contribution in [0.4, 0.5) is 4.79 Å². The Labute approximate surface area is 344 Å². The van der Waals surface area contributed by atoms with Crippen LogP contribution in [0.1, 0.15) is 89.2 Å². The molecule has 3 N–H and O–H groups in total. The van der Waals surface area contributed by atoms with E-state index in [1.807, 2.05) is 73.0 Å². The summed E-state index contributed by atoms with van der Waals surface area (Å²) in [6, 6.07) is 14.5. The van der Waals surface area contributed by atoms with E-state index in [2.05, 4.69) is 28.0 Å². The number of carbonyl (C=O) groups excluding carboxylic acids is 5. The number of benzene rings is 2. The highest BCUT2D eigenvalue weighted by atomic mass is 32.2. The van der Waals surface area contributed by atoms with Crippen LogP contribution >= 0.6 is 0 Å². The van der Waals surface area contributed by atoms with Gasteiger partial charge in [0.05, 0.1) is 23.9 Å². The number of rotatable bonds is 7. The zero-order valence-corrected chi connectivity index (χ0v) is 35.0. The number of sulfonamides is 1. The van der Waals surface area contributed by atoms with Gasteiger partial charge in [0, 0.05) is 23.4 Å². The van der Waals surface area contributed by atoms with Crippen molar-refractivity contribution in [2.45, 2.75) is 102 Å². The third-order valence-corrected chi connectivity index (χ3v) is 13.5. The second kappa shape index (κ2) is 15.6. The van der Waals surface area contributed by atoms with E-state index in [1.165, 1.54) is 11.0 Å². The molecule has 2 aromatic carbocycles. The van der Waals surface area contributed by atoms with Crippen molar-refractivity contribution in [2.24, 2.45) is 16.7 Å². The highest BCUT2D eigenvalue weighted by Crippen LogP contribution is 2.45. The van der Waals surface area contributed by atoms with Gasteiger partial charge in [0.25, 0.3) is 5.91 Å². The first kappa shape index (κ1) is 41.7. The average Bonchev–Trinajstić information content (AvgIpc) is 4.08. The number of esters is 1. The van der Waals surface area contributed by atoms with Gasteiger partial charge in [-0.25, -0.2) is 18.0 Å². The third kappa shape index (κ3) is 8.66. The van der Waals surface area contributed by atoms with Crippen LogP contribution in [0, 0.1) is 16.7 Å². The van der Waals surface area contributed by atoms with Crippen LogP contribution in [0.15, 0.2) is 73.3 Å². The molecule has 4 bridgehead atoms. The zero-order chi connectivity index (χ0) is 42.5. The molecule has 0 unspecified atom stereocenters. The van der Waals surface area contributed by atoms with Crippen LogP contribution < -0.4 is 15.4 Å². The summed E-state index contributed by atoms with van der Waals surface area (Å²) in [5.74, 6) is -3.50. The number of para-hydroxylation sites is 1. The molecule has 7 rings (SSSR count). The molecule has 2 saturated carbocycles. The van der Waals surface area contributed by atoms with Crippen molar-refractivity contribution in [3.63, 3.8) is 0 Å². The van der Waals surface area contributed by atoms with Crippen LogP contribution in [-0.4, -0.2) is 89.8 Å². The average molecular weight is 828 g/mol. The van der Waals surface area contributed by atoms with Gasteiger partial charge < -0.3 is 29.6 Å². The number of allylic oxidation sites excluding steroid dienone is 1. The summed E-state index contributed by atoms with van der Waals surface area (Å²) in [6.07, 6.45) is 5.94. The predicted octanol–water partition coefficient (Wildman–Crippen LogP) is 5.40. The summed E-state index contributed by atoms with van der Waals surface area (Å²) in [5, 5.41) is 5.65. The zero-order valence-electron chi connectivity index (χ0n) is 34.2. The number of nitrogens with one attached hydrogen (secondary N) is 3. The molecule has 4 amide bonds. The molecule has 3 aromatic rings. The molecule has 0 spiro atoms. The fourth-order valence-corrected chi connectivity index (χ4v) is 9.37. The molecular weight excluding hydrogens is 775 g/mol. The summed E-state index contributed by atoms with van der Waals surface area (Å²) in [7, 11) is -3.94. The van der Waals surface area contributed by atoms with E-state index in [4.69, 9.17) is 9.47 Å². The number of cyclic esters (lactones) is 1. The molecule has 5 atom stereocenters. The van der Waals surface area contributed by atoms with E-state index < -0.39 is 85.5 Å². The lowest BCUT2D eigenvalue weighted by atomic mass is 9.85. The van der Waals surface area contributed by atoms with Gasteiger partial charge in [-0.15, -0.1) is 6.58 Å².